The summed E-state index contributed by atoms with van der Waals surface area (Å²) in [4.78, 5) is 11.4. The van der Waals surface area contributed by atoms with E-state index in [-0.39, 0.29) is 0 Å². The molecule has 0 aliphatic carbocycles. The van der Waals surface area contributed by atoms with Gasteiger partial charge in [0.1, 0.15) is 4.83 Å². The minimum absolute atomic E-state index is 0.748. The molecule has 0 saturated carbocycles. The predicted molar refractivity (Wildman–Crippen MR) is 215 cm³/mol. The van der Waals surface area contributed by atoms with Crippen LogP contribution in [0.15, 0.2) is 158 Å². The minimum atomic E-state index is 0.748. The van der Waals surface area contributed by atoms with Gasteiger partial charge in [-0.3, -0.25) is 0 Å². The standard InChI is InChI=1S/C46H26N4S/c1-2-11-27(12-3-1)45-47-43(42-35-15-6-9-20-41(35)51-46(42)48-45)28-21-24-39-36(25-28)31-14-5-7-18-37(31)49(39)29-22-23-32-34-17-10-16-33-30-13-4-8-19-38(30)50(44(33)34)40(32)26-29/h1-26H. The highest BCUT2D eigenvalue weighted by atomic mass is 32.1. The van der Waals surface area contributed by atoms with E-state index in [0.717, 1.165) is 38.5 Å². The molecular formula is C46H26N4S. The zero-order chi connectivity index (χ0) is 33.2. The average molecular weight is 667 g/mol. The largest absolute Gasteiger partial charge is 0.309 e. The molecule has 12 rings (SSSR count). The molecular weight excluding hydrogens is 641 g/mol. The number of benzene rings is 7. The highest BCUT2D eigenvalue weighted by Gasteiger charge is 2.21. The highest BCUT2D eigenvalue weighted by Crippen LogP contribution is 2.43. The third-order valence-electron chi connectivity index (χ3n) is 10.7. The van der Waals surface area contributed by atoms with Crippen LogP contribution in [-0.2, 0) is 0 Å². The Hall–Kier alpha value is -6.56. The van der Waals surface area contributed by atoms with Crippen molar-refractivity contribution < 1.29 is 0 Å². The van der Waals surface area contributed by atoms with Crippen LogP contribution in [-0.4, -0.2) is 18.9 Å². The number of rotatable bonds is 3. The van der Waals surface area contributed by atoms with Crippen LogP contribution in [0.1, 0.15) is 0 Å². The van der Waals surface area contributed by atoms with E-state index in [1.807, 2.05) is 18.2 Å². The molecule has 0 bridgehead atoms. The maximum atomic E-state index is 5.30. The van der Waals surface area contributed by atoms with Gasteiger partial charge in [-0.2, -0.15) is 0 Å². The molecule has 0 fully saturated rings. The Morgan fingerprint density at radius 3 is 1.94 bits per heavy atom. The van der Waals surface area contributed by atoms with Crippen molar-refractivity contribution in [2.45, 2.75) is 0 Å². The van der Waals surface area contributed by atoms with E-state index in [0.29, 0.717) is 0 Å². The monoisotopic (exact) mass is 666 g/mol. The molecule has 5 aromatic heterocycles. The summed E-state index contributed by atoms with van der Waals surface area (Å²) in [6, 6.07) is 56.9. The Morgan fingerprint density at radius 2 is 1.10 bits per heavy atom. The Morgan fingerprint density at radius 1 is 0.431 bits per heavy atom. The van der Waals surface area contributed by atoms with Crippen LogP contribution in [0.2, 0.25) is 0 Å². The van der Waals surface area contributed by atoms with Gasteiger partial charge in [-0.25, -0.2) is 9.97 Å². The Labute approximate surface area is 295 Å². The summed E-state index contributed by atoms with van der Waals surface area (Å²) >= 11 is 1.73. The van der Waals surface area contributed by atoms with E-state index in [1.165, 1.54) is 70.0 Å². The molecule has 51 heavy (non-hydrogen) atoms. The molecule has 0 unspecified atom stereocenters. The molecule has 12 aromatic rings. The summed E-state index contributed by atoms with van der Waals surface area (Å²) in [5.74, 6) is 0.748. The fourth-order valence-electron chi connectivity index (χ4n) is 8.50. The van der Waals surface area contributed by atoms with E-state index in [1.54, 1.807) is 11.3 Å². The van der Waals surface area contributed by atoms with Crippen molar-refractivity contribution >= 4 is 91.5 Å². The van der Waals surface area contributed by atoms with Crippen molar-refractivity contribution in [1.29, 1.82) is 0 Å². The Kier molecular flexibility index (Phi) is 5.35. The van der Waals surface area contributed by atoms with Crippen LogP contribution in [0.5, 0.6) is 0 Å². The highest BCUT2D eigenvalue weighted by molar-refractivity contribution is 7.25. The van der Waals surface area contributed by atoms with Gasteiger partial charge in [-0.1, -0.05) is 115 Å². The van der Waals surface area contributed by atoms with Crippen LogP contribution in [0.25, 0.3) is 109 Å². The van der Waals surface area contributed by atoms with Gasteiger partial charge in [0, 0.05) is 64.6 Å². The first-order chi connectivity index (χ1) is 25.3. The lowest BCUT2D eigenvalue weighted by Gasteiger charge is -2.10. The van der Waals surface area contributed by atoms with Gasteiger partial charge >= 0.3 is 0 Å². The summed E-state index contributed by atoms with van der Waals surface area (Å²) in [5.41, 5.74) is 10.3. The molecule has 5 heteroatoms. The first-order valence-corrected chi connectivity index (χ1v) is 18.1. The van der Waals surface area contributed by atoms with Gasteiger partial charge in [-0.05, 0) is 42.5 Å². The lowest BCUT2D eigenvalue weighted by Crippen LogP contribution is -1.95. The van der Waals surface area contributed by atoms with Crippen LogP contribution >= 0.6 is 11.3 Å². The quantitative estimate of drug-likeness (QED) is 0.188. The van der Waals surface area contributed by atoms with Crippen LogP contribution < -0.4 is 0 Å². The van der Waals surface area contributed by atoms with Gasteiger partial charge in [0.2, 0.25) is 0 Å². The van der Waals surface area contributed by atoms with E-state index in [2.05, 4.69) is 148 Å². The number of nitrogens with zero attached hydrogens (tertiary/aromatic N) is 4. The first-order valence-electron chi connectivity index (χ1n) is 17.3. The number of thiophene rings is 1. The molecule has 0 radical (unpaired) electrons. The van der Waals surface area contributed by atoms with Gasteiger partial charge in [-0.15, -0.1) is 11.3 Å². The molecule has 0 saturated heterocycles. The normalized spacial score (nSPS) is 12.3. The molecule has 0 amide bonds. The molecule has 0 aliphatic rings. The molecule has 0 N–H and O–H groups in total. The SMILES string of the molecule is c1ccc(-c2nc(-c3ccc4c(c3)c3ccccc3n4-c3ccc4c5cccc6c7ccccc7n(c4c3)c65)c3c(n2)sc2ccccc23)cc1. The fraction of sp³-hybridized carbons (Fsp3) is 0. The van der Waals surface area contributed by atoms with E-state index < -0.39 is 0 Å². The summed E-state index contributed by atoms with van der Waals surface area (Å²) in [6.45, 7) is 0. The fourth-order valence-corrected chi connectivity index (χ4v) is 9.58. The van der Waals surface area contributed by atoms with Gasteiger partial charge < -0.3 is 8.97 Å². The van der Waals surface area contributed by atoms with Crippen molar-refractivity contribution in [3.05, 3.63) is 158 Å². The van der Waals surface area contributed by atoms with Crippen molar-refractivity contribution in [2.24, 2.45) is 0 Å². The zero-order valence-electron chi connectivity index (χ0n) is 27.2. The molecule has 5 heterocycles. The number of hydrogen-bond donors (Lipinski definition) is 0. The summed E-state index contributed by atoms with van der Waals surface area (Å²) < 4.78 is 6.10. The lowest BCUT2D eigenvalue weighted by molar-refractivity contribution is 1.18. The van der Waals surface area contributed by atoms with Crippen LogP contribution in [0.4, 0.5) is 0 Å². The summed E-state index contributed by atoms with van der Waals surface area (Å²) in [5, 5.41) is 9.90. The number of hydrogen-bond acceptors (Lipinski definition) is 3. The summed E-state index contributed by atoms with van der Waals surface area (Å²) in [7, 11) is 0. The van der Waals surface area contributed by atoms with Crippen molar-refractivity contribution in [2.75, 3.05) is 0 Å². The number of para-hydroxylation sites is 3. The maximum absolute atomic E-state index is 5.30. The molecule has 236 valence electrons. The van der Waals surface area contributed by atoms with Gasteiger partial charge in [0.15, 0.2) is 5.82 Å². The van der Waals surface area contributed by atoms with E-state index in [9.17, 15) is 0 Å². The second-order valence-corrected chi connectivity index (χ2v) is 14.4. The number of fused-ring (bicyclic) bond motifs is 12. The molecule has 0 aliphatic heterocycles. The van der Waals surface area contributed by atoms with Crippen molar-refractivity contribution in [3.63, 3.8) is 0 Å². The maximum Gasteiger partial charge on any atom is 0.161 e. The molecule has 7 aromatic carbocycles. The smallest absolute Gasteiger partial charge is 0.161 e. The topological polar surface area (TPSA) is 35.1 Å². The third-order valence-corrected chi connectivity index (χ3v) is 11.7. The van der Waals surface area contributed by atoms with E-state index >= 15 is 0 Å². The van der Waals surface area contributed by atoms with Crippen molar-refractivity contribution in [3.8, 4) is 28.3 Å². The van der Waals surface area contributed by atoms with Gasteiger partial charge in [0.05, 0.1) is 33.3 Å². The third kappa shape index (κ3) is 3.68. The second kappa shape index (κ2) is 10.0. The number of aromatic nitrogens is 4. The molecule has 4 nitrogen and oxygen atoms in total. The Bertz CT molecular complexity index is 3370. The first kappa shape index (κ1) is 27.3. The van der Waals surface area contributed by atoms with Crippen LogP contribution in [0, 0.1) is 0 Å². The Balaban J connectivity index is 1.13. The molecule has 0 atom stereocenters. The predicted octanol–water partition coefficient (Wildman–Crippen LogP) is 12.4. The van der Waals surface area contributed by atoms with Crippen molar-refractivity contribution in [1.82, 2.24) is 18.9 Å². The minimum Gasteiger partial charge on any atom is -0.309 e. The lowest BCUT2D eigenvalue weighted by atomic mass is 10.0. The van der Waals surface area contributed by atoms with Gasteiger partial charge in [0.25, 0.3) is 0 Å². The zero-order valence-corrected chi connectivity index (χ0v) is 28.0. The second-order valence-electron chi connectivity index (χ2n) is 13.4. The van der Waals surface area contributed by atoms with E-state index in [4.69, 9.17) is 9.97 Å². The summed E-state index contributed by atoms with van der Waals surface area (Å²) in [6.07, 6.45) is 0. The average Bonchev–Trinajstić information content (AvgIpc) is 3.93. The van der Waals surface area contributed by atoms with Crippen LogP contribution in [0.3, 0.4) is 0 Å². The molecule has 0 spiro atoms.